The molecular formula is C18H15N5O6. The quantitative estimate of drug-likeness (QED) is 0.520. The molecule has 3 rings (SSSR count). The van der Waals surface area contributed by atoms with Gasteiger partial charge in [-0.1, -0.05) is 24.8 Å². The molecule has 0 aromatic heterocycles. The van der Waals surface area contributed by atoms with Gasteiger partial charge in [0.05, 0.1) is 15.9 Å². The molecule has 11 nitrogen and oxygen atoms in total. The number of carbonyl (C=O) groups excluding carboxylic acids is 2. The smallest absolute Gasteiger partial charge is 0.319 e. The molecule has 1 aliphatic rings. The van der Waals surface area contributed by atoms with Crippen molar-refractivity contribution >= 4 is 29.0 Å². The van der Waals surface area contributed by atoms with Crippen LogP contribution in [0.3, 0.4) is 0 Å². The highest BCUT2D eigenvalue weighted by molar-refractivity contribution is 5.97. The van der Waals surface area contributed by atoms with Gasteiger partial charge in [0.15, 0.2) is 0 Å². The van der Waals surface area contributed by atoms with Gasteiger partial charge < -0.3 is 16.0 Å². The monoisotopic (exact) mass is 397 g/mol. The van der Waals surface area contributed by atoms with Gasteiger partial charge in [0.25, 0.3) is 11.4 Å². The fourth-order valence-electron chi connectivity index (χ4n) is 2.99. The van der Waals surface area contributed by atoms with E-state index in [-0.39, 0.29) is 22.8 Å². The van der Waals surface area contributed by atoms with E-state index in [9.17, 15) is 29.8 Å². The minimum Gasteiger partial charge on any atom is -0.330 e. The highest BCUT2D eigenvalue weighted by Gasteiger charge is 2.38. The largest absolute Gasteiger partial charge is 0.330 e. The molecule has 1 aliphatic heterocycles. The third-order valence-corrected chi connectivity index (χ3v) is 4.34. The molecule has 0 bridgehead atoms. The predicted octanol–water partition coefficient (Wildman–Crippen LogP) is 2.63. The highest BCUT2D eigenvalue weighted by atomic mass is 16.6. The molecular weight excluding hydrogens is 382 g/mol. The molecule has 3 N–H and O–H groups in total. The summed E-state index contributed by atoms with van der Waals surface area (Å²) in [7, 11) is 0. The SMILES string of the molecule is C=C1NC(=O)N[C@H](c2ccc([N+](=O)[O-])cc2)[C@H]1C(=O)Nc1cccc([N+](=O)[O-])c1. The summed E-state index contributed by atoms with van der Waals surface area (Å²) >= 11 is 0. The molecule has 3 amide bonds. The lowest BCUT2D eigenvalue weighted by molar-refractivity contribution is -0.385. The molecule has 0 aliphatic carbocycles. The number of carbonyl (C=O) groups is 2. The maximum absolute atomic E-state index is 12.9. The van der Waals surface area contributed by atoms with E-state index in [0.29, 0.717) is 5.56 Å². The zero-order valence-electron chi connectivity index (χ0n) is 14.8. The summed E-state index contributed by atoms with van der Waals surface area (Å²) in [6.07, 6.45) is 0. The zero-order valence-corrected chi connectivity index (χ0v) is 14.8. The van der Waals surface area contributed by atoms with Crippen LogP contribution in [0.25, 0.3) is 0 Å². The van der Waals surface area contributed by atoms with Gasteiger partial charge in [0.1, 0.15) is 5.92 Å². The van der Waals surface area contributed by atoms with Crippen molar-refractivity contribution in [1.29, 1.82) is 0 Å². The Kier molecular flexibility index (Phi) is 5.21. The van der Waals surface area contributed by atoms with Crippen molar-refractivity contribution in [3.8, 4) is 0 Å². The number of nitro benzene ring substituents is 2. The molecule has 0 spiro atoms. The lowest BCUT2D eigenvalue weighted by Gasteiger charge is -2.33. The number of rotatable bonds is 5. The number of nitrogens with one attached hydrogen (secondary N) is 3. The molecule has 2 aromatic rings. The van der Waals surface area contributed by atoms with Crippen molar-refractivity contribution in [2.45, 2.75) is 6.04 Å². The van der Waals surface area contributed by atoms with Gasteiger partial charge in [-0.2, -0.15) is 0 Å². The van der Waals surface area contributed by atoms with Gasteiger partial charge in [-0.25, -0.2) is 4.79 Å². The van der Waals surface area contributed by atoms with E-state index in [0.717, 1.165) is 0 Å². The normalized spacial score (nSPS) is 18.3. The van der Waals surface area contributed by atoms with Gasteiger partial charge in [-0.05, 0) is 11.6 Å². The first-order valence-electron chi connectivity index (χ1n) is 8.32. The lowest BCUT2D eigenvalue weighted by Crippen LogP contribution is -2.51. The standard InChI is InChI=1S/C18H15N5O6/c1-10-15(17(24)20-12-3-2-4-14(9-12)23(28)29)16(21-18(25)19-10)11-5-7-13(8-6-11)22(26)27/h2-9,15-16H,1H2,(H,20,24)(H2,19,21,25)/t15-,16+/m0/s1. The molecule has 2 atom stereocenters. The van der Waals surface area contributed by atoms with Crippen LogP contribution in [0.15, 0.2) is 60.8 Å². The van der Waals surface area contributed by atoms with Crippen LogP contribution in [0.4, 0.5) is 21.9 Å². The predicted molar refractivity (Wildman–Crippen MR) is 102 cm³/mol. The summed E-state index contributed by atoms with van der Waals surface area (Å²) in [5.41, 5.74) is 0.469. The van der Waals surface area contributed by atoms with Crippen LogP contribution in [0.1, 0.15) is 11.6 Å². The average molecular weight is 397 g/mol. The molecule has 0 saturated carbocycles. The first-order chi connectivity index (χ1) is 13.8. The van der Waals surface area contributed by atoms with Crippen LogP contribution in [-0.4, -0.2) is 21.8 Å². The molecule has 1 heterocycles. The number of hydrogen-bond donors (Lipinski definition) is 3. The topological polar surface area (TPSA) is 157 Å². The number of nitrogens with zero attached hydrogens (tertiary/aromatic N) is 2. The van der Waals surface area contributed by atoms with Crippen LogP contribution in [0.2, 0.25) is 0 Å². The Bertz CT molecular complexity index is 1020. The van der Waals surface area contributed by atoms with Crippen molar-refractivity contribution < 1.29 is 19.4 Å². The van der Waals surface area contributed by atoms with E-state index >= 15 is 0 Å². The maximum atomic E-state index is 12.9. The van der Waals surface area contributed by atoms with Crippen LogP contribution in [0.5, 0.6) is 0 Å². The maximum Gasteiger partial charge on any atom is 0.319 e. The Hall–Kier alpha value is -4.28. The Morgan fingerprint density at radius 1 is 1.03 bits per heavy atom. The fraction of sp³-hybridized carbons (Fsp3) is 0.111. The minimum atomic E-state index is -0.964. The van der Waals surface area contributed by atoms with E-state index < -0.39 is 33.7 Å². The Morgan fingerprint density at radius 3 is 2.31 bits per heavy atom. The molecule has 1 saturated heterocycles. The van der Waals surface area contributed by atoms with Crippen molar-refractivity contribution in [3.05, 3.63) is 86.6 Å². The molecule has 148 valence electrons. The number of anilines is 1. The van der Waals surface area contributed by atoms with E-state index in [1.807, 2.05) is 0 Å². The van der Waals surface area contributed by atoms with Gasteiger partial charge in [0, 0.05) is 35.6 Å². The third kappa shape index (κ3) is 4.18. The van der Waals surface area contributed by atoms with E-state index in [1.54, 1.807) is 0 Å². The zero-order chi connectivity index (χ0) is 21.1. The van der Waals surface area contributed by atoms with Crippen molar-refractivity contribution in [3.63, 3.8) is 0 Å². The molecule has 1 fully saturated rings. The summed E-state index contributed by atoms with van der Waals surface area (Å²) in [6.45, 7) is 3.73. The molecule has 0 radical (unpaired) electrons. The third-order valence-electron chi connectivity index (χ3n) is 4.34. The van der Waals surface area contributed by atoms with E-state index in [4.69, 9.17) is 0 Å². The Labute approximate surface area is 163 Å². The second-order valence-electron chi connectivity index (χ2n) is 6.22. The molecule has 2 aromatic carbocycles. The summed E-state index contributed by atoms with van der Waals surface area (Å²) < 4.78 is 0. The van der Waals surface area contributed by atoms with Gasteiger partial charge in [-0.3, -0.25) is 25.0 Å². The van der Waals surface area contributed by atoms with Crippen molar-refractivity contribution in [2.75, 3.05) is 5.32 Å². The fourth-order valence-corrected chi connectivity index (χ4v) is 2.99. The van der Waals surface area contributed by atoms with Crippen molar-refractivity contribution in [2.24, 2.45) is 5.92 Å². The lowest BCUT2D eigenvalue weighted by atomic mass is 9.88. The Balaban J connectivity index is 1.89. The van der Waals surface area contributed by atoms with Crippen LogP contribution in [0, 0.1) is 26.1 Å². The molecule has 0 unspecified atom stereocenters. The number of benzene rings is 2. The number of amides is 3. The average Bonchev–Trinajstić information content (AvgIpc) is 2.67. The molecule has 29 heavy (non-hydrogen) atoms. The Morgan fingerprint density at radius 2 is 1.69 bits per heavy atom. The van der Waals surface area contributed by atoms with E-state index in [1.165, 1.54) is 48.5 Å². The van der Waals surface area contributed by atoms with Crippen LogP contribution < -0.4 is 16.0 Å². The summed E-state index contributed by atoms with van der Waals surface area (Å²) in [4.78, 5) is 45.4. The second-order valence-corrected chi connectivity index (χ2v) is 6.22. The minimum absolute atomic E-state index is 0.125. The summed E-state index contributed by atoms with van der Waals surface area (Å²) in [5.74, 6) is -1.53. The first kappa shape index (κ1) is 19.5. The summed E-state index contributed by atoms with van der Waals surface area (Å²) in [6, 6.07) is 9.41. The van der Waals surface area contributed by atoms with Crippen LogP contribution >= 0.6 is 0 Å². The van der Waals surface area contributed by atoms with Gasteiger partial charge in [0.2, 0.25) is 5.91 Å². The molecule has 11 heteroatoms. The van der Waals surface area contributed by atoms with E-state index in [2.05, 4.69) is 22.5 Å². The van der Waals surface area contributed by atoms with Crippen LogP contribution in [-0.2, 0) is 4.79 Å². The number of non-ortho nitro benzene ring substituents is 2. The first-order valence-corrected chi connectivity index (χ1v) is 8.32. The number of hydrogen-bond acceptors (Lipinski definition) is 6. The number of nitro groups is 2. The summed E-state index contributed by atoms with van der Waals surface area (Å²) in [5, 5.41) is 29.4. The number of urea groups is 1. The van der Waals surface area contributed by atoms with Gasteiger partial charge >= 0.3 is 6.03 Å². The van der Waals surface area contributed by atoms with Gasteiger partial charge in [-0.15, -0.1) is 0 Å². The second kappa shape index (κ2) is 7.76. The van der Waals surface area contributed by atoms with Crippen molar-refractivity contribution in [1.82, 2.24) is 10.6 Å². The highest BCUT2D eigenvalue weighted by Crippen LogP contribution is 2.31.